The maximum Gasteiger partial charge on any atom is 0.441 e. The first-order valence-electron chi connectivity index (χ1n) is 5.00. The van der Waals surface area contributed by atoms with Crippen molar-refractivity contribution in [1.82, 2.24) is 4.90 Å². The van der Waals surface area contributed by atoms with Gasteiger partial charge in [0.25, 0.3) is 0 Å². The van der Waals surface area contributed by atoms with Gasteiger partial charge in [-0.25, -0.2) is 4.79 Å². The van der Waals surface area contributed by atoms with Crippen LogP contribution in [0.15, 0.2) is 0 Å². The zero-order chi connectivity index (χ0) is 12.7. The number of nitrogens with zero attached hydrogens (tertiary/aromatic N) is 3. The first-order valence-corrected chi connectivity index (χ1v) is 5.00. The van der Waals surface area contributed by atoms with Crippen molar-refractivity contribution < 1.29 is 19.1 Å². The van der Waals surface area contributed by atoms with Crippen molar-refractivity contribution >= 4 is 17.5 Å². The van der Waals surface area contributed by atoms with Crippen molar-refractivity contribution in [1.29, 1.82) is 0 Å². The third-order valence-corrected chi connectivity index (χ3v) is 2.19. The van der Waals surface area contributed by atoms with Gasteiger partial charge in [0.05, 0.1) is 0 Å². The normalized spacial score (nSPS) is 10.1. The van der Waals surface area contributed by atoms with E-state index in [0.717, 1.165) is 6.92 Å². The van der Waals surface area contributed by atoms with Gasteiger partial charge in [0.1, 0.15) is 6.61 Å². The van der Waals surface area contributed by atoms with E-state index in [1.54, 1.807) is 0 Å². The molecule has 0 aromatic carbocycles. The minimum Gasteiger partial charge on any atom is -0.455 e. The van der Waals surface area contributed by atoms with Crippen LogP contribution in [0.2, 0.25) is 0 Å². The lowest BCUT2D eigenvalue weighted by atomic mass is 10.3. The number of ketones is 1. The predicted molar refractivity (Wildman–Crippen MR) is 58.0 cm³/mol. The third-order valence-electron chi connectivity index (χ3n) is 2.19. The molecule has 16 heavy (non-hydrogen) atoms. The number of hydrogen-bond acceptors (Lipinski definition) is 4. The summed E-state index contributed by atoms with van der Waals surface area (Å²) in [4.78, 5) is 26.6. The Hall–Kier alpha value is -1.52. The lowest BCUT2D eigenvalue weighted by molar-refractivity contribution is -0.142. The molecule has 0 bridgehead atoms. The molecule has 0 fully saturated rings. The summed E-state index contributed by atoms with van der Waals surface area (Å²) in [6, 6.07) is 0.345. The Labute approximate surface area is 94.8 Å². The number of carbonyl (C=O) groups is 2. The molecule has 0 saturated heterocycles. The van der Waals surface area contributed by atoms with Crippen LogP contribution < -0.4 is 0 Å². The first kappa shape index (κ1) is 14.5. The molecule has 0 radical (unpaired) electrons. The number of carbonyl (C=O) groups excluding carboxylic acids is 2. The number of rotatable bonds is 6. The average molecular weight is 227 g/mol. The van der Waals surface area contributed by atoms with Gasteiger partial charge in [-0.3, -0.25) is 4.79 Å². The largest absolute Gasteiger partial charge is 0.455 e. The third kappa shape index (κ3) is 4.82. The van der Waals surface area contributed by atoms with Crippen molar-refractivity contribution in [3.8, 4) is 0 Å². The fourth-order valence-corrected chi connectivity index (χ4v) is 0.864. The second-order valence-electron chi connectivity index (χ2n) is 3.72. The molecular weight excluding hydrogens is 210 g/mol. The molecule has 0 atom stereocenters. The Balaban J connectivity index is 4.09. The van der Waals surface area contributed by atoms with Gasteiger partial charge < -0.3 is 15.2 Å². The van der Waals surface area contributed by atoms with Gasteiger partial charge in [0, 0.05) is 19.5 Å². The van der Waals surface area contributed by atoms with Crippen LogP contribution in [0.4, 0.5) is 0 Å². The quantitative estimate of drug-likeness (QED) is 0.212. The lowest BCUT2D eigenvalue weighted by Gasteiger charge is -2.19. The van der Waals surface area contributed by atoms with Gasteiger partial charge >= 0.3 is 11.7 Å². The Bertz CT molecular complexity index is 319. The van der Waals surface area contributed by atoms with E-state index in [-0.39, 0.29) is 6.61 Å². The number of esters is 1. The highest BCUT2D eigenvalue weighted by atomic mass is 16.5. The van der Waals surface area contributed by atoms with E-state index in [9.17, 15) is 9.59 Å². The molecular formula is C10H17N3O3. The van der Waals surface area contributed by atoms with Crippen molar-refractivity contribution in [2.45, 2.75) is 26.8 Å². The van der Waals surface area contributed by atoms with Crippen LogP contribution in [-0.4, -0.2) is 53.4 Å². The topological polar surface area (TPSA) is 83.0 Å². The smallest absolute Gasteiger partial charge is 0.441 e. The van der Waals surface area contributed by atoms with Gasteiger partial charge in [0.2, 0.25) is 5.78 Å². The second-order valence-corrected chi connectivity index (χ2v) is 3.72. The maximum atomic E-state index is 11.2. The maximum absolute atomic E-state index is 11.2. The highest BCUT2D eigenvalue weighted by Gasteiger charge is 2.27. The molecule has 90 valence electrons. The fourth-order valence-electron chi connectivity index (χ4n) is 0.864. The van der Waals surface area contributed by atoms with Gasteiger partial charge in [-0.05, 0) is 20.9 Å². The second kappa shape index (κ2) is 6.87. The minimum absolute atomic E-state index is 0.153. The van der Waals surface area contributed by atoms with E-state index in [0.29, 0.717) is 12.6 Å². The molecule has 0 aliphatic heterocycles. The molecule has 6 nitrogen and oxygen atoms in total. The number of ether oxygens (including phenoxy) is 1. The molecule has 0 heterocycles. The molecule has 0 aliphatic carbocycles. The summed E-state index contributed by atoms with van der Waals surface area (Å²) in [5, 5.41) is 0. The van der Waals surface area contributed by atoms with Gasteiger partial charge in [-0.2, -0.15) is 4.79 Å². The van der Waals surface area contributed by atoms with Crippen LogP contribution in [0.5, 0.6) is 0 Å². The van der Waals surface area contributed by atoms with E-state index in [1.165, 1.54) is 0 Å². The first-order chi connectivity index (χ1) is 7.40. The minimum atomic E-state index is -0.896. The van der Waals surface area contributed by atoms with Gasteiger partial charge in [0.15, 0.2) is 0 Å². The van der Waals surface area contributed by atoms with Crippen LogP contribution in [0, 0.1) is 0 Å². The summed E-state index contributed by atoms with van der Waals surface area (Å²) < 4.78 is 4.78. The summed E-state index contributed by atoms with van der Waals surface area (Å²) in [5.41, 5.74) is 7.84. The Morgan fingerprint density at radius 1 is 1.44 bits per heavy atom. The molecule has 0 amide bonds. The number of hydrogen-bond donors (Lipinski definition) is 0. The summed E-state index contributed by atoms with van der Waals surface area (Å²) in [6.07, 6.45) is 0. The van der Waals surface area contributed by atoms with E-state index in [2.05, 4.69) is 4.79 Å². The molecule has 0 aliphatic rings. The van der Waals surface area contributed by atoms with Crippen molar-refractivity contribution in [3.05, 3.63) is 5.53 Å². The molecule has 0 N–H and O–H groups in total. The van der Waals surface area contributed by atoms with Gasteiger partial charge in [-0.15, -0.1) is 0 Å². The van der Waals surface area contributed by atoms with Crippen LogP contribution in [-0.2, 0) is 14.3 Å². The van der Waals surface area contributed by atoms with Crippen LogP contribution in [0.1, 0.15) is 20.8 Å². The van der Waals surface area contributed by atoms with Gasteiger partial charge in [-0.1, -0.05) is 0 Å². The summed E-state index contributed by atoms with van der Waals surface area (Å²) in [5.74, 6) is -1.52. The van der Waals surface area contributed by atoms with Crippen molar-refractivity contribution in [2.75, 3.05) is 20.2 Å². The molecule has 0 aromatic rings. The predicted octanol–water partition coefficient (Wildman–Crippen LogP) is 0.130. The molecule has 0 unspecified atom stereocenters. The van der Waals surface area contributed by atoms with Crippen LogP contribution >= 0.6 is 0 Å². The fraction of sp³-hybridized carbons (Fsp3) is 0.700. The van der Waals surface area contributed by atoms with Crippen molar-refractivity contribution in [3.63, 3.8) is 0 Å². The van der Waals surface area contributed by atoms with E-state index >= 15 is 0 Å². The van der Waals surface area contributed by atoms with Crippen LogP contribution in [0.25, 0.3) is 5.53 Å². The number of Topliss-reactive ketones (excluding diaryl/α,β-unsaturated/α-hetero) is 1. The molecule has 0 spiro atoms. The van der Waals surface area contributed by atoms with E-state index in [4.69, 9.17) is 10.3 Å². The average Bonchev–Trinajstić information content (AvgIpc) is 2.17. The Kier molecular flexibility index (Phi) is 6.22. The van der Waals surface area contributed by atoms with E-state index in [1.807, 2.05) is 25.8 Å². The molecule has 0 rings (SSSR count). The Morgan fingerprint density at radius 2 is 2.00 bits per heavy atom. The highest BCUT2D eigenvalue weighted by Crippen LogP contribution is 1.93. The Morgan fingerprint density at radius 3 is 2.38 bits per heavy atom. The van der Waals surface area contributed by atoms with Crippen LogP contribution in [0.3, 0.4) is 0 Å². The monoisotopic (exact) mass is 227 g/mol. The van der Waals surface area contributed by atoms with Crippen molar-refractivity contribution in [2.24, 2.45) is 0 Å². The summed E-state index contributed by atoms with van der Waals surface area (Å²) >= 11 is 0. The number of likely N-dealkylation sites (N-methyl/N-ethyl adjacent to an activating group) is 1. The molecule has 6 heteroatoms. The summed E-state index contributed by atoms with van der Waals surface area (Å²) in [7, 11) is 1.89. The molecule has 0 saturated carbocycles. The lowest BCUT2D eigenvalue weighted by Crippen LogP contribution is -2.32. The molecule has 0 aromatic heterocycles. The summed E-state index contributed by atoms with van der Waals surface area (Å²) in [6.45, 7) is 5.87. The SMILES string of the molecule is CC(=O)C(=[N+]=[N-])C(=O)OCCN(C)C(C)C. The zero-order valence-electron chi connectivity index (χ0n) is 10.1. The standard InChI is InChI=1S/C10H17N3O3/c1-7(2)13(4)5-6-16-10(15)9(12-11)8(3)14/h7H,5-6H2,1-4H3. The van der Waals surface area contributed by atoms with E-state index < -0.39 is 17.5 Å². The zero-order valence-corrected chi connectivity index (χ0v) is 10.1. The highest BCUT2D eigenvalue weighted by molar-refractivity contribution is 6.61.